The number of Topliss-reactive ketones (excluding diaryl/α,β-unsaturated/α-hetero) is 1. The summed E-state index contributed by atoms with van der Waals surface area (Å²) in [4.78, 5) is 77.9. The average Bonchev–Trinajstić information content (AvgIpc) is 3.34. The summed E-state index contributed by atoms with van der Waals surface area (Å²) >= 11 is 0. The second-order valence-corrected chi connectivity index (χ2v) is 15.2. The summed E-state index contributed by atoms with van der Waals surface area (Å²) in [5, 5.41) is 3.25. The smallest absolute Gasteiger partial charge is 0.339 e. The third-order valence-electron chi connectivity index (χ3n) is 11.0. The number of piperazine rings is 2. The quantitative estimate of drug-likeness (QED) is 0.213. The largest absolute Gasteiger partial charge is 0.497 e. The molecule has 4 saturated heterocycles. The molecular formula is C46H57ClN8O11. The van der Waals surface area contributed by atoms with Gasteiger partial charge in [-0.25, -0.2) is 19.2 Å². The molecule has 2 aromatic carbocycles. The molecule has 4 aliphatic heterocycles. The zero-order valence-corrected chi connectivity index (χ0v) is 38.4. The summed E-state index contributed by atoms with van der Waals surface area (Å²) in [6.45, 7) is 8.67. The van der Waals surface area contributed by atoms with E-state index in [1.165, 1.54) is 26.6 Å². The molecule has 19 nitrogen and oxygen atoms in total. The van der Waals surface area contributed by atoms with Crippen molar-refractivity contribution in [2.75, 3.05) is 117 Å². The van der Waals surface area contributed by atoms with Gasteiger partial charge in [-0.2, -0.15) is 0 Å². The number of carbonyl (C=O) groups excluding carboxylic acids is 5. The lowest BCUT2D eigenvalue weighted by Gasteiger charge is -2.43. The maximum absolute atomic E-state index is 13.5. The van der Waals surface area contributed by atoms with Crippen LogP contribution in [0.1, 0.15) is 32.1 Å². The molecule has 0 radical (unpaired) electrons. The predicted molar refractivity (Wildman–Crippen MR) is 246 cm³/mol. The number of hydrogen-bond acceptors (Lipinski definition) is 15. The van der Waals surface area contributed by atoms with E-state index in [1.54, 1.807) is 48.3 Å². The van der Waals surface area contributed by atoms with Crippen molar-refractivity contribution in [1.29, 1.82) is 0 Å². The highest BCUT2D eigenvalue weighted by Crippen LogP contribution is 2.25. The van der Waals surface area contributed by atoms with Gasteiger partial charge in [0.25, 0.3) is 0 Å². The van der Waals surface area contributed by atoms with Gasteiger partial charge in [-0.15, -0.1) is 12.4 Å². The number of pyridine rings is 2. The highest BCUT2D eigenvalue weighted by Gasteiger charge is 2.32. The van der Waals surface area contributed by atoms with Crippen LogP contribution in [0, 0.1) is 0 Å². The summed E-state index contributed by atoms with van der Waals surface area (Å²) < 4.78 is 29.7. The lowest BCUT2D eigenvalue weighted by Crippen LogP contribution is -2.59. The molecule has 0 spiro atoms. The number of nitrogens with zero attached hydrogens (tertiary/aromatic N) is 7. The number of hydrogen-bond donors (Lipinski definition) is 1. The minimum Gasteiger partial charge on any atom is -0.497 e. The van der Waals surface area contributed by atoms with Crippen molar-refractivity contribution in [2.24, 2.45) is 0 Å². The molecule has 0 aliphatic carbocycles. The first-order valence-electron chi connectivity index (χ1n) is 21.2. The number of ketones is 1. The molecule has 0 bridgehead atoms. The second kappa shape index (κ2) is 25.4. The molecule has 20 heteroatoms. The van der Waals surface area contributed by atoms with Crippen LogP contribution in [0.2, 0.25) is 0 Å². The zero-order valence-electron chi connectivity index (χ0n) is 37.6. The summed E-state index contributed by atoms with van der Waals surface area (Å²) in [6, 6.07) is 21.8. The van der Waals surface area contributed by atoms with Crippen LogP contribution in [-0.2, 0) is 36.8 Å². The molecule has 66 heavy (non-hydrogen) atoms. The zero-order chi connectivity index (χ0) is 46.1. The van der Waals surface area contributed by atoms with E-state index in [0.717, 1.165) is 62.3 Å². The van der Waals surface area contributed by atoms with Crippen LogP contribution >= 0.6 is 12.4 Å². The molecule has 4 aromatic rings. The van der Waals surface area contributed by atoms with Gasteiger partial charge >= 0.3 is 24.0 Å². The van der Waals surface area contributed by atoms with Crippen molar-refractivity contribution < 1.29 is 52.4 Å². The maximum atomic E-state index is 13.5. The first-order valence-corrected chi connectivity index (χ1v) is 21.2. The van der Waals surface area contributed by atoms with Gasteiger partial charge in [-0.1, -0.05) is 0 Å². The fourth-order valence-corrected chi connectivity index (χ4v) is 7.00. The second-order valence-electron chi connectivity index (χ2n) is 15.2. The van der Waals surface area contributed by atoms with Crippen molar-refractivity contribution >= 4 is 53.6 Å². The number of halogens is 1. The number of methoxy groups -OCH3 is 4. The van der Waals surface area contributed by atoms with Crippen LogP contribution in [0.3, 0.4) is 0 Å². The molecule has 4 aliphatic rings. The molecule has 4 amide bonds. The standard InChI is InChI=1S/C23H28N4O5.C20H24N4O4.C3H4O2.ClH/c1-30-21-7-5-19(6-8-21)27(14-18-4-3-17(13-24-18)22(28)31-2)23(29)26-11-9-25(10-12-26)20-15-32-16-20;1-27-18-7-5-17(6-8-18)24(20(26)23-11-9-21-10-12-23)14-16-4-3-15(13-22-16)19(25)28-2;4-3-1-5-2-3;/h3-8,13,20H,9-12,14-16H2,1-2H3;3-8,13,21H,9-12,14H2,1-2H3;1-2H2;1H. The number of esters is 2. The fraction of sp³-hybridized carbons (Fsp3) is 0.413. The van der Waals surface area contributed by atoms with Gasteiger partial charge in [0.2, 0.25) is 0 Å². The van der Waals surface area contributed by atoms with Crippen LogP contribution in [0.4, 0.5) is 21.0 Å². The number of carbonyl (C=O) groups is 5. The first kappa shape index (κ1) is 50.6. The van der Waals surface area contributed by atoms with E-state index >= 15 is 0 Å². The fourth-order valence-electron chi connectivity index (χ4n) is 7.00. The number of amides is 4. The molecule has 8 rings (SSSR count). The van der Waals surface area contributed by atoms with Crippen LogP contribution in [-0.4, -0.2) is 168 Å². The SMILES string of the molecule is COC(=O)c1ccc(CN(C(=O)N2CCN(C3COC3)CC2)c2ccc(OC)cc2)nc1.COC(=O)c1ccc(CN(C(=O)N2CCNCC2)c2ccc(OC)cc2)nc1.Cl.O=C1COC1. The van der Waals surface area contributed by atoms with Gasteiger partial charge in [0.05, 0.1) is 83.3 Å². The van der Waals surface area contributed by atoms with E-state index in [2.05, 4.69) is 24.9 Å². The normalized spacial score (nSPS) is 15.7. The van der Waals surface area contributed by atoms with Gasteiger partial charge < -0.3 is 43.5 Å². The molecule has 0 unspecified atom stereocenters. The van der Waals surface area contributed by atoms with Gasteiger partial charge in [0, 0.05) is 76.1 Å². The molecule has 6 heterocycles. The lowest BCUT2D eigenvalue weighted by atomic mass is 10.2. The Kier molecular flexibility index (Phi) is 19.4. The summed E-state index contributed by atoms with van der Waals surface area (Å²) in [5.74, 6) is 0.770. The Morgan fingerprint density at radius 3 is 1.36 bits per heavy atom. The monoisotopic (exact) mass is 932 g/mol. The van der Waals surface area contributed by atoms with Crippen molar-refractivity contribution in [3.63, 3.8) is 0 Å². The molecule has 354 valence electrons. The van der Waals surface area contributed by atoms with Crippen molar-refractivity contribution in [3.05, 3.63) is 108 Å². The first-order chi connectivity index (χ1) is 31.6. The van der Waals surface area contributed by atoms with Crippen molar-refractivity contribution in [2.45, 2.75) is 19.1 Å². The number of urea groups is 2. The van der Waals surface area contributed by atoms with Gasteiger partial charge in [0.1, 0.15) is 24.7 Å². The van der Waals surface area contributed by atoms with Crippen LogP contribution in [0.5, 0.6) is 11.5 Å². The highest BCUT2D eigenvalue weighted by molar-refractivity contribution is 5.93. The Bertz CT molecular complexity index is 2180. The van der Waals surface area contributed by atoms with Crippen molar-refractivity contribution in [1.82, 2.24) is 30.0 Å². The molecular weight excluding hydrogens is 876 g/mol. The van der Waals surface area contributed by atoms with E-state index in [9.17, 15) is 24.0 Å². The van der Waals surface area contributed by atoms with E-state index in [0.29, 0.717) is 67.9 Å². The summed E-state index contributed by atoms with van der Waals surface area (Å²) in [5.41, 5.74) is 3.59. The molecule has 0 saturated carbocycles. The van der Waals surface area contributed by atoms with Crippen LogP contribution in [0.25, 0.3) is 0 Å². The topological polar surface area (TPSA) is 195 Å². The number of anilines is 2. The highest BCUT2D eigenvalue weighted by atomic mass is 35.5. The average molecular weight is 933 g/mol. The minimum absolute atomic E-state index is 0. The maximum Gasteiger partial charge on any atom is 0.339 e. The summed E-state index contributed by atoms with van der Waals surface area (Å²) in [7, 11) is 5.87. The predicted octanol–water partition coefficient (Wildman–Crippen LogP) is 3.94. The lowest BCUT2D eigenvalue weighted by molar-refractivity contribution is -0.140. The third kappa shape index (κ3) is 13.8. The Morgan fingerprint density at radius 2 is 1.05 bits per heavy atom. The number of rotatable bonds is 11. The van der Waals surface area contributed by atoms with E-state index in [4.69, 9.17) is 23.7 Å². The van der Waals surface area contributed by atoms with Crippen molar-refractivity contribution in [3.8, 4) is 11.5 Å². The number of ether oxygens (including phenoxy) is 6. The van der Waals surface area contributed by atoms with Gasteiger partial charge in [0.15, 0.2) is 5.78 Å². The Balaban J connectivity index is 0.000000222. The molecule has 2 aromatic heterocycles. The minimum atomic E-state index is -0.443. The van der Waals surface area contributed by atoms with Crippen LogP contribution in [0.15, 0.2) is 85.2 Å². The van der Waals surface area contributed by atoms with E-state index in [1.807, 2.05) is 58.3 Å². The molecule has 4 fully saturated rings. The Hall–Kier alpha value is -6.38. The third-order valence-corrected chi connectivity index (χ3v) is 11.0. The Morgan fingerprint density at radius 1 is 0.621 bits per heavy atom. The van der Waals surface area contributed by atoms with E-state index in [-0.39, 0.29) is 43.3 Å². The van der Waals surface area contributed by atoms with Crippen LogP contribution < -0.4 is 24.6 Å². The number of nitrogens with one attached hydrogen (secondary N) is 1. The number of aromatic nitrogens is 2. The van der Waals surface area contributed by atoms with Gasteiger partial charge in [-0.05, 0) is 72.8 Å². The molecule has 0 atom stereocenters. The summed E-state index contributed by atoms with van der Waals surface area (Å²) in [6.07, 6.45) is 2.93. The van der Waals surface area contributed by atoms with E-state index < -0.39 is 11.9 Å². The number of benzene rings is 2. The van der Waals surface area contributed by atoms with Gasteiger partial charge in [-0.3, -0.25) is 29.5 Å². The molecule has 1 N–H and O–H groups in total. The Labute approximate surface area is 390 Å².